The number of rotatable bonds is 9. The Hall–Kier alpha value is -1.40. The molecule has 0 saturated carbocycles. The third kappa shape index (κ3) is 6.27. The molecule has 5 nitrogen and oxygen atoms in total. The predicted octanol–water partition coefficient (Wildman–Crippen LogP) is 2.39. The Morgan fingerprint density at radius 2 is 2.10 bits per heavy atom. The first-order chi connectivity index (χ1) is 9.91. The lowest BCUT2D eigenvalue weighted by Gasteiger charge is -2.20. The summed E-state index contributed by atoms with van der Waals surface area (Å²) in [5.74, 6) is -0.269. The molecule has 6 heteroatoms. The molecule has 0 saturated heterocycles. The lowest BCUT2D eigenvalue weighted by molar-refractivity contribution is -0.137. The van der Waals surface area contributed by atoms with Crippen molar-refractivity contribution in [3.05, 3.63) is 22.4 Å². The van der Waals surface area contributed by atoms with Gasteiger partial charge in [0.2, 0.25) is 5.91 Å². The summed E-state index contributed by atoms with van der Waals surface area (Å²) in [5, 5.41) is 13.5. The maximum Gasteiger partial charge on any atom is 0.303 e. The van der Waals surface area contributed by atoms with E-state index in [1.807, 2.05) is 17.5 Å². The Bertz CT molecular complexity index is 446. The van der Waals surface area contributed by atoms with Crippen molar-refractivity contribution in [3.8, 4) is 0 Å². The van der Waals surface area contributed by atoms with Crippen molar-refractivity contribution in [3.63, 3.8) is 0 Å². The molecule has 1 aromatic rings. The van der Waals surface area contributed by atoms with Gasteiger partial charge in [0.15, 0.2) is 0 Å². The molecule has 0 aromatic carbocycles. The number of carbonyl (C=O) groups is 2. The number of nitrogens with one attached hydrogen (secondary N) is 1. The third-order valence-corrected chi connectivity index (χ3v) is 4.57. The average molecular weight is 312 g/mol. The quantitative estimate of drug-likeness (QED) is 0.653. The van der Waals surface area contributed by atoms with E-state index in [1.54, 1.807) is 0 Å². The maximum absolute atomic E-state index is 11.9. The van der Waals surface area contributed by atoms with Gasteiger partial charge in [-0.05, 0) is 36.1 Å². The summed E-state index contributed by atoms with van der Waals surface area (Å²) >= 11 is 1.46. The second kappa shape index (κ2) is 8.79. The highest BCUT2D eigenvalue weighted by Gasteiger charge is 2.18. The molecular weight excluding hydrogens is 288 g/mol. The Kier molecular flexibility index (Phi) is 7.39. The molecule has 0 aliphatic carbocycles. The Morgan fingerprint density at radius 1 is 1.38 bits per heavy atom. The Labute approximate surface area is 129 Å². The van der Waals surface area contributed by atoms with E-state index >= 15 is 0 Å². The molecule has 1 aromatic heterocycles. The van der Waals surface area contributed by atoms with Gasteiger partial charge >= 0.3 is 5.97 Å². The van der Waals surface area contributed by atoms with Crippen LogP contribution in [0.2, 0.25) is 0 Å². The van der Waals surface area contributed by atoms with Crippen LogP contribution in [0.15, 0.2) is 17.5 Å². The normalized spacial score (nSPS) is 13.9. The highest BCUT2D eigenvalue weighted by Crippen LogP contribution is 2.21. The van der Waals surface area contributed by atoms with Crippen LogP contribution in [0.5, 0.6) is 0 Å². The third-order valence-electron chi connectivity index (χ3n) is 3.62. The minimum Gasteiger partial charge on any atom is -0.481 e. The molecule has 4 N–H and O–H groups in total. The lowest BCUT2D eigenvalue weighted by atomic mass is 9.88. The molecule has 21 heavy (non-hydrogen) atoms. The molecule has 1 rings (SSSR count). The standard InChI is InChI=1S/C15H24N2O3S/c1-10(2)11(5-6-13(18)19)7-8-17-15(20)14(16)12-4-3-9-21-12/h3-4,9-11,14H,5-8,16H2,1-2H3,(H,17,20)(H,18,19). The maximum atomic E-state index is 11.9. The van der Waals surface area contributed by atoms with Crippen LogP contribution in [-0.2, 0) is 9.59 Å². The van der Waals surface area contributed by atoms with Crippen LogP contribution in [0.25, 0.3) is 0 Å². The van der Waals surface area contributed by atoms with Gasteiger partial charge in [-0.2, -0.15) is 0 Å². The molecule has 0 aliphatic heterocycles. The summed E-state index contributed by atoms with van der Waals surface area (Å²) in [7, 11) is 0. The fraction of sp³-hybridized carbons (Fsp3) is 0.600. The largest absolute Gasteiger partial charge is 0.481 e. The number of amides is 1. The van der Waals surface area contributed by atoms with Crippen molar-refractivity contribution in [1.29, 1.82) is 0 Å². The summed E-state index contributed by atoms with van der Waals surface area (Å²) in [6, 6.07) is 3.09. The van der Waals surface area contributed by atoms with Crippen LogP contribution >= 0.6 is 11.3 Å². The molecule has 1 amide bonds. The second-order valence-electron chi connectivity index (χ2n) is 5.51. The van der Waals surface area contributed by atoms with Crippen molar-refractivity contribution < 1.29 is 14.7 Å². The van der Waals surface area contributed by atoms with Crippen LogP contribution in [-0.4, -0.2) is 23.5 Å². The molecule has 2 unspecified atom stereocenters. The SMILES string of the molecule is CC(C)C(CCNC(=O)C(N)c1cccs1)CCC(=O)O. The van der Waals surface area contributed by atoms with Gasteiger partial charge in [-0.25, -0.2) is 0 Å². The Morgan fingerprint density at radius 3 is 2.62 bits per heavy atom. The van der Waals surface area contributed by atoms with E-state index in [-0.39, 0.29) is 12.3 Å². The molecule has 118 valence electrons. The minimum absolute atomic E-state index is 0.172. The summed E-state index contributed by atoms with van der Waals surface area (Å²) < 4.78 is 0. The summed E-state index contributed by atoms with van der Waals surface area (Å²) in [6.45, 7) is 4.68. The van der Waals surface area contributed by atoms with E-state index in [0.717, 1.165) is 11.3 Å². The molecule has 1 heterocycles. The average Bonchev–Trinajstić information content (AvgIpc) is 2.94. The van der Waals surface area contributed by atoms with Crippen molar-refractivity contribution in [1.82, 2.24) is 5.32 Å². The first kappa shape index (κ1) is 17.7. The minimum atomic E-state index is -0.774. The number of carbonyl (C=O) groups excluding carboxylic acids is 1. The van der Waals surface area contributed by atoms with Crippen LogP contribution in [0, 0.1) is 11.8 Å². The van der Waals surface area contributed by atoms with E-state index in [0.29, 0.717) is 24.8 Å². The van der Waals surface area contributed by atoms with E-state index in [4.69, 9.17) is 10.8 Å². The molecule has 0 bridgehead atoms. The first-order valence-electron chi connectivity index (χ1n) is 7.20. The van der Waals surface area contributed by atoms with Crippen molar-refractivity contribution in [2.45, 2.75) is 39.2 Å². The predicted molar refractivity (Wildman–Crippen MR) is 84.1 cm³/mol. The number of thiophene rings is 1. The van der Waals surface area contributed by atoms with Gasteiger partial charge in [0.1, 0.15) is 6.04 Å². The number of aliphatic carboxylic acids is 1. The van der Waals surface area contributed by atoms with Gasteiger partial charge in [-0.1, -0.05) is 19.9 Å². The zero-order chi connectivity index (χ0) is 15.8. The number of hydrogen-bond donors (Lipinski definition) is 3. The van der Waals surface area contributed by atoms with Crippen molar-refractivity contribution >= 4 is 23.2 Å². The monoisotopic (exact) mass is 312 g/mol. The number of hydrogen-bond acceptors (Lipinski definition) is 4. The van der Waals surface area contributed by atoms with Crippen LogP contribution < -0.4 is 11.1 Å². The van der Waals surface area contributed by atoms with Gasteiger partial charge < -0.3 is 16.2 Å². The van der Waals surface area contributed by atoms with Crippen molar-refractivity contribution in [2.24, 2.45) is 17.6 Å². The van der Waals surface area contributed by atoms with Crippen LogP contribution in [0.3, 0.4) is 0 Å². The van der Waals surface area contributed by atoms with Crippen molar-refractivity contribution in [2.75, 3.05) is 6.54 Å². The zero-order valence-electron chi connectivity index (χ0n) is 12.5. The zero-order valence-corrected chi connectivity index (χ0v) is 13.4. The number of carboxylic acids is 1. The molecule has 0 spiro atoms. The second-order valence-corrected chi connectivity index (χ2v) is 6.49. The smallest absolute Gasteiger partial charge is 0.303 e. The van der Waals surface area contributed by atoms with Gasteiger partial charge in [-0.3, -0.25) is 9.59 Å². The van der Waals surface area contributed by atoms with Gasteiger partial charge in [0, 0.05) is 17.8 Å². The molecule has 0 fully saturated rings. The van der Waals surface area contributed by atoms with Gasteiger partial charge in [0.25, 0.3) is 0 Å². The summed E-state index contributed by atoms with van der Waals surface area (Å²) in [5.41, 5.74) is 5.88. The highest BCUT2D eigenvalue weighted by atomic mass is 32.1. The number of nitrogens with two attached hydrogens (primary N) is 1. The van der Waals surface area contributed by atoms with Gasteiger partial charge in [0.05, 0.1) is 0 Å². The van der Waals surface area contributed by atoms with E-state index in [9.17, 15) is 9.59 Å². The van der Waals surface area contributed by atoms with E-state index in [1.165, 1.54) is 11.3 Å². The molecule has 2 atom stereocenters. The van der Waals surface area contributed by atoms with Crippen LogP contribution in [0.4, 0.5) is 0 Å². The lowest BCUT2D eigenvalue weighted by Crippen LogP contribution is -2.35. The van der Waals surface area contributed by atoms with E-state index < -0.39 is 12.0 Å². The topological polar surface area (TPSA) is 92.4 Å². The summed E-state index contributed by atoms with van der Waals surface area (Å²) in [4.78, 5) is 23.4. The Balaban J connectivity index is 2.36. The molecule has 0 radical (unpaired) electrons. The molecular formula is C15H24N2O3S. The fourth-order valence-electron chi connectivity index (χ4n) is 2.21. The van der Waals surface area contributed by atoms with Gasteiger partial charge in [-0.15, -0.1) is 11.3 Å². The highest BCUT2D eigenvalue weighted by molar-refractivity contribution is 7.10. The molecule has 0 aliphatic rings. The van der Waals surface area contributed by atoms with E-state index in [2.05, 4.69) is 19.2 Å². The number of carboxylic acid groups (broad SMARTS) is 1. The first-order valence-corrected chi connectivity index (χ1v) is 8.08. The van der Waals surface area contributed by atoms with Crippen LogP contribution in [0.1, 0.15) is 44.0 Å². The summed E-state index contributed by atoms with van der Waals surface area (Å²) in [6.07, 6.45) is 1.58. The fourth-order valence-corrected chi connectivity index (χ4v) is 2.93.